The molecule has 0 radical (unpaired) electrons. The molecule has 0 amide bonds. The maximum Gasteiger partial charge on any atom is 0.141 e. The van der Waals surface area contributed by atoms with Gasteiger partial charge >= 0.3 is 0 Å². The summed E-state index contributed by atoms with van der Waals surface area (Å²) < 4.78 is 12.5. The Bertz CT molecular complexity index is 533. The monoisotopic (exact) mass is 297 g/mol. The maximum absolute atomic E-state index is 6.40. The van der Waals surface area contributed by atoms with Crippen molar-refractivity contribution in [2.24, 2.45) is 0 Å². The van der Waals surface area contributed by atoms with E-state index in [9.17, 15) is 0 Å². The zero-order valence-corrected chi connectivity index (χ0v) is 13.2. The van der Waals surface area contributed by atoms with Crippen LogP contribution in [0.25, 0.3) is 0 Å². The Kier molecular flexibility index (Phi) is 4.57. The van der Waals surface area contributed by atoms with Gasteiger partial charge < -0.3 is 14.4 Å². The Labute approximate surface area is 132 Å². The van der Waals surface area contributed by atoms with Crippen molar-refractivity contribution in [3.8, 4) is 0 Å². The zero-order valence-electron chi connectivity index (χ0n) is 13.2. The molecule has 1 heterocycles. The average molecular weight is 297 g/mol. The van der Waals surface area contributed by atoms with Crippen LogP contribution in [0.5, 0.6) is 0 Å². The first-order valence-electron chi connectivity index (χ1n) is 7.72. The molecular formula is C19H23NO2. The Morgan fingerprint density at radius 3 is 1.91 bits per heavy atom. The second-order valence-electron chi connectivity index (χ2n) is 6.07. The van der Waals surface area contributed by atoms with Crippen molar-refractivity contribution in [3.05, 3.63) is 71.8 Å². The normalized spacial score (nSPS) is 21.0. The minimum Gasteiger partial charge on any atom is -0.371 e. The summed E-state index contributed by atoms with van der Waals surface area (Å²) in [5.74, 6) is 0. The molecule has 1 unspecified atom stereocenters. The first-order chi connectivity index (χ1) is 10.7. The maximum atomic E-state index is 6.40. The predicted molar refractivity (Wildman–Crippen MR) is 87.9 cm³/mol. The van der Waals surface area contributed by atoms with Gasteiger partial charge in [0, 0.05) is 6.54 Å². The second kappa shape index (κ2) is 6.61. The predicted octanol–water partition coefficient (Wildman–Crippen LogP) is 2.91. The van der Waals surface area contributed by atoms with Crippen LogP contribution in [0.3, 0.4) is 0 Å². The smallest absolute Gasteiger partial charge is 0.141 e. The van der Waals surface area contributed by atoms with E-state index >= 15 is 0 Å². The van der Waals surface area contributed by atoms with Gasteiger partial charge in [-0.3, -0.25) is 0 Å². The third-order valence-corrected chi connectivity index (χ3v) is 4.09. The van der Waals surface area contributed by atoms with Crippen molar-refractivity contribution >= 4 is 0 Å². The van der Waals surface area contributed by atoms with E-state index in [1.54, 1.807) is 0 Å². The van der Waals surface area contributed by atoms with E-state index < -0.39 is 5.60 Å². The number of hydrogen-bond donors (Lipinski definition) is 0. The Morgan fingerprint density at radius 2 is 1.50 bits per heavy atom. The van der Waals surface area contributed by atoms with E-state index in [-0.39, 0.29) is 6.10 Å². The van der Waals surface area contributed by atoms with E-state index in [1.165, 1.54) is 0 Å². The summed E-state index contributed by atoms with van der Waals surface area (Å²) in [5, 5.41) is 0. The number of ether oxygens (including phenoxy) is 2. The molecule has 0 aliphatic carbocycles. The molecule has 22 heavy (non-hydrogen) atoms. The molecule has 2 aromatic rings. The van der Waals surface area contributed by atoms with Gasteiger partial charge in [0.1, 0.15) is 5.60 Å². The fraction of sp³-hybridized carbons (Fsp3) is 0.368. The van der Waals surface area contributed by atoms with Gasteiger partial charge in [0.15, 0.2) is 0 Å². The van der Waals surface area contributed by atoms with E-state index in [2.05, 4.69) is 67.5 Å². The highest BCUT2D eigenvalue weighted by atomic mass is 16.6. The van der Waals surface area contributed by atoms with Crippen molar-refractivity contribution in [2.45, 2.75) is 11.7 Å². The quantitative estimate of drug-likeness (QED) is 0.866. The van der Waals surface area contributed by atoms with Crippen LogP contribution in [0.15, 0.2) is 60.7 Å². The van der Waals surface area contributed by atoms with Crippen molar-refractivity contribution in [2.75, 3.05) is 33.9 Å². The van der Waals surface area contributed by atoms with Gasteiger partial charge in [0.2, 0.25) is 0 Å². The summed E-state index contributed by atoms with van der Waals surface area (Å²) >= 11 is 0. The van der Waals surface area contributed by atoms with Gasteiger partial charge in [-0.05, 0) is 25.2 Å². The van der Waals surface area contributed by atoms with Gasteiger partial charge in [-0.25, -0.2) is 0 Å². The van der Waals surface area contributed by atoms with Crippen LogP contribution in [-0.4, -0.2) is 44.9 Å². The van der Waals surface area contributed by atoms with Crippen LogP contribution in [0, 0.1) is 0 Å². The van der Waals surface area contributed by atoms with Gasteiger partial charge in [-0.1, -0.05) is 60.7 Å². The van der Waals surface area contributed by atoms with E-state index in [0.29, 0.717) is 13.2 Å². The number of nitrogens with zero attached hydrogens (tertiary/aromatic N) is 1. The fourth-order valence-corrected chi connectivity index (χ4v) is 2.99. The van der Waals surface area contributed by atoms with Crippen LogP contribution < -0.4 is 0 Å². The second-order valence-corrected chi connectivity index (χ2v) is 6.07. The molecule has 1 aliphatic rings. The first-order valence-corrected chi connectivity index (χ1v) is 7.72. The molecular weight excluding hydrogens is 274 g/mol. The van der Waals surface area contributed by atoms with Crippen molar-refractivity contribution in [1.29, 1.82) is 0 Å². The SMILES string of the molecule is CN(C)CC1COC(c2ccccc2)(c2ccccc2)CO1. The number of benzene rings is 2. The summed E-state index contributed by atoms with van der Waals surface area (Å²) in [7, 11) is 4.11. The van der Waals surface area contributed by atoms with Crippen LogP contribution in [0.1, 0.15) is 11.1 Å². The lowest BCUT2D eigenvalue weighted by molar-refractivity contribution is -0.179. The summed E-state index contributed by atoms with van der Waals surface area (Å²) in [4.78, 5) is 2.13. The third kappa shape index (κ3) is 3.07. The van der Waals surface area contributed by atoms with Crippen LogP contribution in [0.2, 0.25) is 0 Å². The molecule has 1 saturated heterocycles. The highest BCUT2D eigenvalue weighted by molar-refractivity contribution is 5.37. The summed E-state index contributed by atoms with van der Waals surface area (Å²) in [5.41, 5.74) is 1.78. The molecule has 0 bridgehead atoms. The van der Waals surface area contributed by atoms with Gasteiger partial charge in [0.05, 0.1) is 19.3 Å². The molecule has 0 saturated carbocycles. The van der Waals surface area contributed by atoms with Gasteiger partial charge in [0.25, 0.3) is 0 Å². The van der Waals surface area contributed by atoms with Crippen LogP contribution >= 0.6 is 0 Å². The van der Waals surface area contributed by atoms with Crippen LogP contribution in [0.4, 0.5) is 0 Å². The van der Waals surface area contributed by atoms with E-state index in [4.69, 9.17) is 9.47 Å². The molecule has 0 N–H and O–H groups in total. The minimum absolute atomic E-state index is 0.121. The highest BCUT2D eigenvalue weighted by Gasteiger charge is 2.40. The van der Waals surface area contributed by atoms with E-state index in [0.717, 1.165) is 17.7 Å². The Morgan fingerprint density at radius 1 is 0.955 bits per heavy atom. The van der Waals surface area contributed by atoms with Gasteiger partial charge in [-0.2, -0.15) is 0 Å². The summed E-state index contributed by atoms with van der Waals surface area (Å²) in [6, 6.07) is 20.7. The summed E-state index contributed by atoms with van der Waals surface area (Å²) in [6.45, 7) is 2.02. The molecule has 116 valence electrons. The molecule has 2 aromatic carbocycles. The summed E-state index contributed by atoms with van der Waals surface area (Å²) in [6.07, 6.45) is 0.121. The topological polar surface area (TPSA) is 21.7 Å². The molecule has 1 atom stereocenters. The van der Waals surface area contributed by atoms with Crippen molar-refractivity contribution in [1.82, 2.24) is 4.90 Å². The number of hydrogen-bond acceptors (Lipinski definition) is 3. The third-order valence-electron chi connectivity index (χ3n) is 4.09. The Hall–Kier alpha value is -1.68. The minimum atomic E-state index is -0.509. The largest absolute Gasteiger partial charge is 0.371 e. The lowest BCUT2D eigenvalue weighted by Gasteiger charge is -2.41. The Balaban J connectivity index is 1.90. The number of likely N-dealkylation sites (N-methyl/N-ethyl adjacent to an activating group) is 1. The average Bonchev–Trinajstić information content (AvgIpc) is 2.57. The van der Waals surface area contributed by atoms with E-state index in [1.807, 2.05) is 12.1 Å². The highest BCUT2D eigenvalue weighted by Crippen LogP contribution is 2.37. The molecule has 3 heteroatoms. The molecule has 1 aliphatic heterocycles. The molecule has 3 rings (SSSR count). The van der Waals surface area contributed by atoms with Crippen molar-refractivity contribution in [3.63, 3.8) is 0 Å². The fourth-order valence-electron chi connectivity index (χ4n) is 2.99. The number of rotatable bonds is 4. The van der Waals surface area contributed by atoms with Gasteiger partial charge in [-0.15, -0.1) is 0 Å². The molecule has 1 fully saturated rings. The molecule has 3 nitrogen and oxygen atoms in total. The van der Waals surface area contributed by atoms with Crippen molar-refractivity contribution < 1.29 is 9.47 Å². The van der Waals surface area contributed by atoms with Crippen LogP contribution in [-0.2, 0) is 15.1 Å². The zero-order chi connectivity index (χ0) is 15.4. The molecule has 0 aromatic heterocycles. The lowest BCUT2D eigenvalue weighted by Crippen LogP contribution is -2.48. The molecule has 0 spiro atoms. The first kappa shape index (κ1) is 15.2. The standard InChI is InChI=1S/C19H23NO2/c1-20(2)13-18-14-22-19(15-21-18,16-9-5-3-6-10-16)17-11-7-4-8-12-17/h3-12,18H,13-15H2,1-2H3. The lowest BCUT2D eigenvalue weighted by atomic mass is 9.86.